The van der Waals surface area contributed by atoms with Crippen molar-refractivity contribution in [1.29, 1.82) is 0 Å². The van der Waals surface area contributed by atoms with Crippen molar-refractivity contribution in [2.75, 3.05) is 26.7 Å². The van der Waals surface area contributed by atoms with Crippen LogP contribution in [0.3, 0.4) is 0 Å². The lowest BCUT2D eigenvalue weighted by molar-refractivity contribution is -0.143. The van der Waals surface area contributed by atoms with Gasteiger partial charge in [-0.15, -0.1) is 12.4 Å². The van der Waals surface area contributed by atoms with E-state index in [0.717, 1.165) is 10.5 Å². The van der Waals surface area contributed by atoms with Crippen LogP contribution >= 0.6 is 12.4 Å². The smallest absolute Gasteiger partial charge is 0.323 e. The van der Waals surface area contributed by atoms with Crippen molar-refractivity contribution in [2.45, 2.75) is 38.3 Å². The molecule has 1 saturated heterocycles. The minimum atomic E-state index is -4.97. The quantitative estimate of drug-likeness (QED) is 0.484. The van der Waals surface area contributed by atoms with Gasteiger partial charge in [0.05, 0.1) is 17.2 Å². The van der Waals surface area contributed by atoms with E-state index in [1.807, 2.05) is 0 Å². The standard InChI is InChI=1S/C23H24F7N3O.ClH/c1-14-9-18(24)3-4-19(14)20-5-6-31-7-8-33(20)21(34)32(2)13-15-10-16(22(25,26)27)12-17(11-15)23(28,29)30;/h3-4,9-12,20,31H,5-8,13H2,1-2H3;1H/t20-;/m1./s1. The number of rotatable bonds is 3. The highest BCUT2D eigenvalue weighted by Gasteiger charge is 2.37. The van der Waals surface area contributed by atoms with Crippen LogP contribution in [0, 0.1) is 12.7 Å². The molecule has 1 atom stereocenters. The molecular formula is C23H25ClF7N3O. The van der Waals surface area contributed by atoms with Gasteiger partial charge < -0.3 is 15.1 Å². The van der Waals surface area contributed by atoms with Gasteiger partial charge in [-0.1, -0.05) is 6.07 Å². The molecule has 3 rings (SSSR count). The highest BCUT2D eigenvalue weighted by atomic mass is 35.5. The number of nitrogens with one attached hydrogen (secondary N) is 1. The molecule has 0 aromatic heterocycles. The zero-order valence-corrected chi connectivity index (χ0v) is 19.8. The van der Waals surface area contributed by atoms with E-state index in [4.69, 9.17) is 0 Å². The normalized spacial score (nSPS) is 16.9. The Kier molecular flexibility index (Phi) is 9.05. The molecular weight excluding hydrogens is 503 g/mol. The van der Waals surface area contributed by atoms with Gasteiger partial charge >= 0.3 is 18.4 Å². The zero-order chi connectivity index (χ0) is 25.3. The molecule has 0 saturated carbocycles. The predicted octanol–water partition coefficient (Wildman–Crippen LogP) is 6.18. The van der Waals surface area contributed by atoms with E-state index in [2.05, 4.69) is 5.32 Å². The first-order valence-electron chi connectivity index (χ1n) is 10.5. The summed E-state index contributed by atoms with van der Waals surface area (Å²) in [5.41, 5.74) is -1.79. The minimum absolute atomic E-state index is 0. The summed E-state index contributed by atoms with van der Waals surface area (Å²) in [6, 6.07) is 4.52. The minimum Gasteiger partial charge on any atom is -0.323 e. The van der Waals surface area contributed by atoms with E-state index in [9.17, 15) is 35.5 Å². The highest BCUT2D eigenvalue weighted by Crippen LogP contribution is 2.37. The van der Waals surface area contributed by atoms with E-state index in [-0.39, 0.29) is 30.6 Å². The molecule has 0 unspecified atom stereocenters. The number of aryl methyl sites for hydroxylation is 1. The Morgan fingerprint density at radius 3 is 2.17 bits per heavy atom. The Morgan fingerprint density at radius 2 is 1.63 bits per heavy atom. The van der Waals surface area contributed by atoms with Gasteiger partial charge in [-0.2, -0.15) is 26.3 Å². The summed E-state index contributed by atoms with van der Waals surface area (Å²) in [7, 11) is 1.32. The Labute approximate surface area is 204 Å². The van der Waals surface area contributed by atoms with Crippen molar-refractivity contribution in [3.63, 3.8) is 0 Å². The largest absolute Gasteiger partial charge is 0.416 e. The Hall–Kier alpha value is -2.53. The van der Waals surface area contributed by atoms with Crippen LogP contribution in [-0.4, -0.2) is 42.5 Å². The van der Waals surface area contributed by atoms with E-state index in [1.165, 1.54) is 24.1 Å². The number of hydrogen-bond donors (Lipinski definition) is 1. The summed E-state index contributed by atoms with van der Waals surface area (Å²) in [6.45, 7) is 2.56. The lowest BCUT2D eigenvalue weighted by Gasteiger charge is -2.34. The van der Waals surface area contributed by atoms with E-state index in [0.29, 0.717) is 37.2 Å². The predicted molar refractivity (Wildman–Crippen MR) is 119 cm³/mol. The molecule has 1 aliphatic heterocycles. The molecule has 0 radical (unpaired) electrons. The summed E-state index contributed by atoms with van der Waals surface area (Å²) in [5.74, 6) is -0.423. The number of carbonyl (C=O) groups excluding carboxylic acids is 1. The first-order chi connectivity index (χ1) is 15.8. The molecule has 12 heteroatoms. The third-order valence-electron chi connectivity index (χ3n) is 5.73. The Balaban J connectivity index is 0.00000432. The molecule has 194 valence electrons. The number of halogens is 8. The van der Waals surface area contributed by atoms with Crippen LogP contribution in [0.5, 0.6) is 0 Å². The Bertz CT molecular complexity index is 1010. The first kappa shape index (κ1) is 28.7. The van der Waals surface area contributed by atoms with Crippen molar-refractivity contribution in [1.82, 2.24) is 15.1 Å². The van der Waals surface area contributed by atoms with Crippen LogP contribution in [0.15, 0.2) is 36.4 Å². The van der Waals surface area contributed by atoms with Crippen molar-refractivity contribution in [2.24, 2.45) is 0 Å². The average molecular weight is 528 g/mol. The summed E-state index contributed by atoms with van der Waals surface area (Å²) >= 11 is 0. The van der Waals surface area contributed by atoms with Crippen LogP contribution in [0.25, 0.3) is 0 Å². The summed E-state index contributed by atoms with van der Waals surface area (Å²) in [4.78, 5) is 15.9. The third-order valence-corrected chi connectivity index (χ3v) is 5.73. The number of hydrogen-bond acceptors (Lipinski definition) is 2. The number of alkyl halides is 6. The monoisotopic (exact) mass is 527 g/mol. The topological polar surface area (TPSA) is 35.6 Å². The number of nitrogens with zero attached hydrogens (tertiary/aromatic N) is 2. The Morgan fingerprint density at radius 1 is 1.03 bits per heavy atom. The van der Waals surface area contributed by atoms with Crippen LogP contribution in [0.4, 0.5) is 35.5 Å². The van der Waals surface area contributed by atoms with Gasteiger partial charge in [-0.05, 0) is 66.9 Å². The molecule has 0 aliphatic carbocycles. The average Bonchev–Trinajstić information content (AvgIpc) is 2.97. The number of urea groups is 1. The lowest BCUT2D eigenvalue weighted by Crippen LogP contribution is -2.44. The van der Waals surface area contributed by atoms with Crippen LogP contribution in [0.1, 0.15) is 40.3 Å². The third kappa shape index (κ3) is 7.00. The van der Waals surface area contributed by atoms with Crippen LogP contribution < -0.4 is 5.32 Å². The zero-order valence-electron chi connectivity index (χ0n) is 18.9. The lowest BCUT2D eigenvalue weighted by atomic mass is 9.97. The van der Waals surface area contributed by atoms with E-state index in [1.54, 1.807) is 13.0 Å². The van der Waals surface area contributed by atoms with Crippen molar-refractivity contribution >= 4 is 18.4 Å². The molecule has 0 spiro atoms. The van der Waals surface area contributed by atoms with Crippen molar-refractivity contribution in [3.8, 4) is 0 Å². The number of amides is 2. The van der Waals surface area contributed by atoms with Gasteiger partial charge in [0.15, 0.2) is 0 Å². The van der Waals surface area contributed by atoms with Crippen LogP contribution in [-0.2, 0) is 18.9 Å². The maximum absolute atomic E-state index is 13.6. The molecule has 2 aromatic rings. The van der Waals surface area contributed by atoms with Crippen LogP contribution in [0.2, 0.25) is 0 Å². The van der Waals surface area contributed by atoms with E-state index < -0.39 is 47.9 Å². The van der Waals surface area contributed by atoms with Gasteiger partial charge in [0, 0.05) is 26.7 Å². The van der Waals surface area contributed by atoms with Gasteiger partial charge in [0.25, 0.3) is 0 Å². The highest BCUT2D eigenvalue weighted by molar-refractivity contribution is 5.85. The molecule has 0 bridgehead atoms. The van der Waals surface area contributed by atoms with E-state index >= 15 is 0 Å². The molecule has 1 heterocycles. The fraction of sp³-hybridized carbons (Fsp3) is 0.435. The SMILES string of the molecule is Cc1cc(F)ccc1[C@H]1CCNCCN1C(=O)N(C)Cc1cc(C(F)(F)F)cc(C(F)(F)F)c1.Cl. The second-order valence-electron chi connectivity index (χ2n) is 8.30. The summed E-state index contributed by atoms with van der Waals surface area (Å²) in [5, 5.41) is 3.16. The molecule has 2 amide bonds. The van der Waals surface area contributed by atoms with Crippen molar-refractivity contribution < 1.29 is 35.5 Å². The fourth-order valence-corrected chi connectivity index (χ4v) is 4.11. The number of carbonyl (C=O) groups is 1. The molecule has 1 aliphatic rings. The maximum atomic E-state index is 13.6. The molecule has 2 aromatic carbocycles. The second kappa shape index (κ2) is 11.0. The molecule has 1 N–H and O–H groups in total. The van der Waals surface area contributed by atoms with Gasteiger partial charge in [0.1, 0.15) is 5.82 Å². The van der Waals surface area contributed by atoms with Gasteiger partial charge in [-0.25, -0.2) is 9.18 Å². The van der Waals surface area contributed by atoms with Gasteiger partial charge in [0.2, 0.25) is 0 Å². The first-order valence-corrected chi connectivity index (χ1v) is 10.5. The summed E-state index contributed by atoms with van der Waals surface area (Å²) < 4.78 is 92.7. The fourth-order valence-electron chi connectivity index (χ4n) is 4.11. The maximum Gasteiger partial charge on any atom is 0.416 e. The number of benzene rings is 2. The molecule has 35 heavy (non-hydrogen) atoms. The molecule has 1 fully saturated rings. The van der Waals surface area contributed by atoms with Crippen molar-refractivity contribution in [3.05, 3.63) is 70.0 Å². The van der Waals surface area contributed by atoms with Gasteiger partial charge in [-0.3, -0.25) is 0 Å². The second-order valence-corrected chi connectivity index (χ2v) is 8.30. The molecule has 4 nitrogen and oxygen atoms in total. The summed E-state index contributed by atoms with van der Waals surface area (Å²) in [6.07, 6.45) is -9.44.